The number of rotatable bonds is 1. The van der Waals surface area contributed by atoms with Crippen LogP contribution in [0.4, 0.5) is 0 Å². The van der Waals surface area contributed by atoms with E-state index in [4.69, 9.17) is 9.46 Å². The molecule has 0 bridgehead atoms. The maximum atomic E-state index is 8.46. The summed E-state index contributed by atoms with van der Waals surface area (Å²) in [5.74, 6) is 2.24. The predicted molar refractivity (Wildman–Crippen MR) is 72.2 cm³/mol. The van der Waals surface area contributed by atoms with E-state index in [1.165, 1.54) is 51.4 Å². The molecule has 100 valence electrons. The number of hydrogen-bond donors (Lipinski definition) is 1. The summed E-state index contributed by atoms with van der Waals surface area (Å²) in [6.45, 7) is 0. The van der Waals surface area contributed by atoms with Crippen molar-refractivity contribution in [1.29, 1.82) is 0 Å². The van der Waals surface area contributed by atoms with Gasteiger partial charge in [-0.2, -0.15) is 0 Å². The largest absolute Gasteiger partial charge is 0.324 e. The Morgan fingerprint density at radius 2 is 0.882 bits per heavy atom. The van der Waals surface area contributed by atoms with E-state index in [1.54, 1.807) is 25.7 Å². The lowest BCUT2D eigenvalue weighted by atomic mass is 9.81. The lowest BCUT2D eigenvalue weighted by Gasteiger charge is -2.24. The van der Waals surface area contributed by atoms with Gasteiger partial charge in [0.2, 0.25) is 0 Å². The van der Waals surface area contributed by atoms with E-state index in [9.17, 15) is 0 Å². The average molecular weight is 258 g/mol. The molecule has 2 rings (SSSR count). The first kappa shape index (κ1) is 15.1. The van der Waals surface area contributed by atoms with Gasteiger partial charge in [-0.25, -0.2) is 4.57 Å². The highest BCUT2D eigenvalue weighted by atomic mass is 31.1. The van der Waals surface area contributed by atoms with Crippen LogP contribution >= 0.6 is 8.69 Å². The Hall–Kier alpha value is 0.0600. The van der Waals surface area contributed by atoms with Gasteiger partial charge in [-0.1, -0.05) is 77.0 Å². The zero-order valence-electron chi connectivity index (χ0n) is 10.9. The second-order valence-corrected chi connectivity index (χ2v) is 5.75. The molecule has 0 unspecified atom stereocenters. The highest BCUT2D eigenvalue weighted by Gasteiger charge is 2.23. The van der Waals surface area contributed by atoms with Gasteiger partial charge in [0, 0.05) is 0 Å². The molecule has 2 aliphatic carbocycles. The first-order valence-corrected chi connectivity index (χ1v) is 8.11. The summed E-state index contributed by atoms with van der Waals surface area (Å²) in [5.41, 5.74) is 0. The van der Waals surface area contributed by atoms with Crippen LogP contribution in [0.5, 0.6) is 0 Å². The highest BCUT2D eigenvalue weighted by Crippen LogP contribution is 2.36. The van der Waals surface area contributed by atoms with E-state index in [0.717, 1.165) is 11.8 Å². The van der Waals surface area contributed by atoms with Crippen molar-refractivity contribution in [3.8, 4) is 0 Å². The Balaban J connectivity index is 0.000000437. The summed E-state index contributed by atoms with van der Waals surface area (Å²) in [5, 5.41) is 0. The molecule has 17 heavy (non-hydrogen) atoms. The quantitative estimate of drug-likeness (QED) is 0.524. The molecule has 0 atom stereocenters. The molecule has 1 N–H and O–H groups in total. The molecule has 0 heterocycles. The molecule has 0 aromatic carbocycles. The van der Waals surface area contributed by atoms with Gasteiger partial charge in [-0.3, -0.25) is 0 Å². The fourth-order valence-corrected chi connectivity index (χ4v) is 3.56. The predicted octanol–water partition coefficient (Wildman–Crippen LogP) is 5.11. The van der Waals surface area contributed by atoms with Crippen molar-refractivity contribution >= 4 is 8.69 Å². The van der Waals surface area contributed by atoms with Crippen LogP contribution < -0.4 is 0 Å². The van der Waals surface area contributed by atoms with Crippen molar-refractivity contribution in [2.75, 3.05) is 0 Å². The fourth-order valence-electron chi connectivity index (χ4n) is 3.56. The molecule has 2 fully saturated rings. The number of hydrogen-bond acceptors (Lipinski definition) is 1. The Kier molecular flexibility index (Phi) is 8.92. The molecule has 3 heteroatoms. The van der Waals surface area contributed by atoms with Gasteiger partial charge in [0.15, 0.2) is 0 Å². The van der Waals surface area contributed by atoms with Crippen molar-refractivity contribution in [3.05, 3.63) is 0 Å². The highest BCUT2D eigenvalue weighted by molar-refractivity contribution is 7.16. The molecule has 0 aliphatic heterocycles. The minimum atomic E-state index is -0.833. The zero-order chi connectivity index (χ0) is 12.3. The Bertz CT molecular complexity index is 163. The van der Waals surface area contributed by atoms with Gasteiger partial charge in [0.05, 0.1) is 0 Å². The average Bonchev–Trinajstić information content (AvgIpc) is 2.74. The van der Waals surface area contributed by atoms with Crippen LogP contribution in [0.15, 0.2) is 0 Å². The summed E-state index contributed by atoms with van der Waals surface area (Å²) >= 11 is 0. The van der Waals surface area contributed by atoms with Gasteiger partial charge < -0.3 is 4.89 Å². The Morgan fingerprint density at radius 1 is 0.647 bits per heavy atom. The summed E-state index contributed by atoms with van der Waals surface area (Å²) in [6, 6.07) is 0. The van der Waals surface area contributed by atoms with E-state index >= 15 is 0 Å². The van der Waals surface area contributed by atoms with E-state index in [-0.39, 0.29) is 0 Å². The summed E-state index contributed by atoms with van der Waals surface area (Å²) < 4.78 is 8.46. The van der Waals surface area contributed by atoms with E-state index in [0.29, 0.717) is 0 Å². The maximum absolute atomic E-state index is 8.46. The topological polar surface area (TPSA) is 37.3 Å². The summed E-state index contributed by atoms with van der Waals surface area (Å²) in [6.07, 6.45) is 18.4. The van der Waals surface area contributed by atoms with Gasteiger partial charge >= 0.3 is 8.69 Å². The summed E-state index contributed by atoms with van der Waals surface area (Å²) in [7, 11) is -0.833. The van der Waals surface area contributed by atoms with Crippen molar-refractivity contribution in [2.45, 2.75) is 77.0 Å². The van der Waals surface area contributed by atoms with Crippen molar-refractivity contribution < 1.29 is 9.46 Å². The molecular weight excluding hydrogens is 231 g/mol. The lowest BCUT2D eigenvalue weighted by molar-refractivity contribution is 0.269. The second kappa shape index (κ2) is 10.0. The van der Waals surface area contributed by atoms with Crippen molar-refractivity contribution in [1.82, 2.24) is 0 Å². The summed E-state index contributed by atoms with van der Waals surface area (Å²) in [4.78, 5) is 6.99. The minimum absolute atomic E-state index is 0.833. The third-order valence-corrected chi connectivity index (χ3v) is 4.47. The molecule has 2 saturated carbocycles. The third-order valence-electron chi connectivity index (χ3n) is 4.47. The Labute approximate surface area is 107 Å². The van der Waals surface area contributed by atoms with Crippen LogP contribution in [-0.4, -0.2) is 4.89 Å². The molecule has 0 amide bonds. The van der Waals surface area contributed by atoms with Crippen LogP contribution in [0, 0.1) is 11.8 Å². The van der Waals surface area contributed by atoms with Crippen molar-refractivity contribution in [2.24, 2.45) is 11.8 Å². The molecular formula is C14H27O2P. The molecule has 0 saturated heterocycles. The van der Waals surface area contributed by atoms with Crippen LogP contribution in [0.25, 0.3) is 0 Å². The molecule has 0 radical (unpaired) electrons. The van der Waals surface area contributed by atoms with Crippen LogP contribution in [0.2, 0.25) is 0 Å². The van der Waals surface area contributed by atoms with Crippen LogP contribution in [-0.2, 0) is 4.57 Å². The van der Waals surface area contributed by atoms with Gasteiger partial charge in [-0.05, 0) is 11.8 Å². The Morgan fingerprint density at radius 3 is 1.12 bits per heavy atom. The van der Waals surface area contributed by atoms with Crippen LogP contribution in [0.1, 0.15) is 77.0 Å². The van der Waals surface area contributed by atoms with Crippen LogP contribution in [0.3, 0.4) is 0 Å². The molecule has 0 aromatic rings. The van der Waals surface area contributed by atoms with E-state index < -0.39 is 8.69 Å². The van der Waals surface area contributed by atoms with Gasteiger partial charge in [0.1, 0.15) is 0 Å². The standard InChI is InChI=1S/C14H26.HO2P/c1-2-6-10-13(9-5-1)14-11-7-3-4-8-12-14;1-3-2/h13-14H,1-12H2;(H,1,2). The molecule has 2 nitrogen and oxygen atoms in total. The smallest absolute Gasteiger partial charge is 0.310 e. The maximum Gasteiger partial charge on any atom is 0.324 e. The lowest BCUT2D eigenvalue weighted by Crippen LogP contribution is -2.13. The van der Waals surface area contributed by atoms with Gasteiger partial charge in [-0.15, -0.1) is 0 Å². The van der Waals surface area contributed by atoms with Crippen molar-refractivity contribution in [3.63, 3.8) is 0 Å². The van der Waals surface area contributed by atoms with Gasteiger partial charge in [0.25, 0.3) is 0 Å². The zero-order valence-corrected chi connectivity index (χ0v) is 11.8. The monoisotopic (exact) mass is 258 g/mol. The minimum Gasteiger partial charge on any atom is -0.310 e. The first-order chi connectivity index (χ1) is 8.38. The SMILES string of the molecule is C1CCCC(C2CCCCCC2)CC1.O=PO. The second-order valence-electron chi connectivity index (χ2n) is 5.58. The van der Waals surface area contributed by atoms with E-state index in [2.05, 4.69) is 0 Å². The van der Waals surface area contributed by atoms with E-state index in [1.807, 2.05) is 0 Å². The normalized spacial score (nSPS) is 24.5. The molecule has 0 spiro atoms. The fraction of sp³-hybridized carbons (Fsp3) is 1.00. The third kappa shape index (κ3) is 6.52. The first-order valence-electron chi connectivity index (χ1n) is 7.35. The molecule has 2 aliphatic rings. The molecule has 0 aromatic heterocycles.